The molecule has 0 spiro atoms. The van der Waals surface area contributed by atoms with Gasteiger partial charge < -0.3 is 19.7 Å². The number of ether oxygens (including phenoxy) is 2. The highest BCUT2D eigenvalue weighted by atomic mass is 35.5. The van der Waals surface area contributed by atoms with Crippen LogP contribution in [0.5, 0.6) is 5.75 Å². The molecule has 4 heterocycles. The number of nitrogens with one attached hydrogen (secondary N) is 1. The minimum absolute atomic E-state index is 0.0566. The summed E-state index contributed by atoms with van der Waals surface area (Å²) in [7, 11) is 1.51. The van der Waals surface area contributed by atoms with Crippen molar-refractivity contribution < 1.29 is 22.6 Å². The van der Waals surface area contributed by atoms with Gasteiger partial charge in [-0.1, -0.05) is 40.3 Å². The van der Waals surface area contributed by atoms with E-state index in [-0.39, 0.29) is 25.8 Å². The number of halogens is 4. The van der Waals surface area contributed by atoms with Gasteiger partial charge in [0.1, 0.15) is 21.3 Å². The zero-order valence-electron chi connectivity index (χ0n) is 22.7. The Morgan fingerprint density at radius 2 is 2.02 bits per heavy atom. The summed E-state index contributed by atoms with van der Waals surface area (Å²) in [5.74, 6) is 0.592. The highest BCUT2D eigenvalue weighted by Gasteiger charge is 2.38. The molecule has 0 amide bonds. The average Bonchev–Trinajstić information content (AvgIpc) is 3.71. The molecule has 1 aliphatic rings. The van der Waals surface area contributed by atoms with E-state index in [0.717, 1.165) is 35.5 Å². The molecule has 2 atom stereocenters. The van der Waals surface area contributed by atoms with Crippen molar-refractivity contribution in [2.75, 3.05) is 37.0 Å². The first-order valence-corrected chi connectivity index (χ1v) is 14.2. The van der Waals surface area contributed by atoms with Gasteiger partial charge in [0.05, 0.1) is 57.2 Å². The van der Waals surface area contributed by atoms with Gasteiger partial charge in [-0.25, -0.2) is 14.3 Å². The standard InChI is InChI=1S/C26H28ClF3N8O3S/c1-16(14-41-15-18-12-37(35-34-18)19-7-8-36(13-19)25-31-10-22(27)42-25)33-21-9-32-38(24(39)23(21)26(28,29)30)11-17-3-5-20(40-2)6-4-17/h3-6,9-10,12,16,19,33H,7-8,11,13-15H2,1-2H3. The normalized spacial score (nSPS) is 16.1. The second-order valence-electron chi connectivity index (χ2n) is 9.83. The first-order valence-electron chi connectivity index (χ1n) is 13.0. The molecule has 5 rings (SSSR count). The lowest BCUT2D eigenvalue weighted by molar-refractivity contribution is -0.138. The van der Waals surface area contributed by atoms with E-state index in [2.05, 4.69) is 30.6 Å². The molecule has 1 fully saturated rings. The van der Waals surface area contributed by atoms with Crippen LogP contribution < -0.4 is 20.5 Å². The van der Waals surface area contributed by atoms with Crippen LogP contribution in [0.4, 0.5) is 24.0 Å². The van der Waals surface area contributed by atoms with E-state index in [0.29, 0.717) is 21.3 Å². The van der Waals surface area contributed by atoms with Gasteiger partial charge in [0, 0.05) is 19.1 Å². The number of alkyl halides is 3. The second kappa shape index (κ2) is 12.7. The van der Waals surface area contributed by atoms with Gasteiger partial charge in [-0.05, 0) is 31.0 Å². The maximum absolute atomic E-state index is 13.9. The van der Waals surface area contributed by atoms with Crippen molar-refractivity contribution in [1.29, 1.82) is 0 Å². The highest BCUT2D eigenvalue weighted by molar-refractivity contribution is 7.19. The molecule has 0 radical (unpaired) electrons. The summed E-state index contributed by atoms with van der Waals surface area (Å²) in [4.78, 5) is 19.3. The number of hydrogen-bond donors (Lipinski definition) is 1. The van der Waals surface area contributed by atoms with Crippen molar-refractivity contribution in [3.63, 3.8) is 0 Å². The molecule has 0 aliphatic carbocycles. The van der Waals surface area contributed by atoms with Crippen LogP contribution in [0.1, 0.15) is 36.2 Å². The molecule has 11 nitrogen and oxygen atoms in total. The molecular formula is C26H28ClF3N8O3S. The molecule has 224 valence electrons. The molecule has 1 saturated heterocycles. The van der Waals surface area contributed by atoms with Gasteiger partial charge in [0.25, 0.3) is 5.56 Å². The maximum atomic E-state index is 13.9. The molecule has 0 bridgehead atoms. The van der Waals surface area contributed by atoms with Gasteiger partial charge in [0.2, 0.25) is 0 Å². The molecule has 1 N–H and O–H groups in total. The van der Waals surface area contributed by atoms with Gasteiger partial charge >= 0.3 is 6.18 Å². The fraction of sp³-hybridized carbons (Fsp3) is 0.423. The van der Waals surface area contributed by atoms with Crippen molar-refractivity contribution in [2.24, 2.45) is 0 Å². The predicted octanol–water partition coefficient (Wildman–Crippen LogP) is 4.49. The Kier molecular flexibility index (Phi) is 8.99. The van der Waals surface area contributed by atoms with Crippen LogP contribution >= 0.6 is 22.9 Å². The third kappa shape index (κ3) is 7.02. The fourth-order valence-electron chi connectivity index (χ4n) is 4.62. The van der Waals surface area contributed by atoms with E-state index in [1.165, 1.54) is 18.4 Å². The van der Waals surface area contributed by atoms with Crippen LogP contribution in [0.2, 0.25) is 4.34 Å². The number of rotatable bonds is 11. The smallest absolute Gasteiger partial charge is 0.423 e. The number of aromatic nitrogens is 6. The first-order chi connectivity index (χ1) is 20.1. The van der Waals surface area contributed by atoms with E-state index in [9.17, 15) is 18.0 Å². The van der Waals surface area contributed by atoms with E-state index in [4.69, 9.17) is 21.1 Å². The van der Waals surface area contributed by atoms with Crippen LogP contribution in [-0.2, 0) is 24.1 Å². The zero-order chi connectivity index (χ0) is 29.9. The summed E-state index contributed by atoms with van der Waals surface area (Å²) >= 11 is 7.43. The van der Waals surface area contributed by atoms with Crippen LogP contribution in [0, 0.1) is 0 Å². The monoisotopic (exact) mass is 624 g/mol. The lowest BCUT2D eigenvalue weighted by Crippen LogP contribution is -2.34. The second-order valence-corrected chi connectivity index (χ2v) is 11.5. The van der Waals surface area contributed by atoms with E-state index in [1.54, 1.807) is 48.3 Å². The topological polar surface area (TPSA) is 112 Å². The van der Waals surface area contributed by atoms with Crippen molar-refractivity contribution in [3.05, 3.63) is 74.4 Å². The largest absolute Gasteiger partial charge is 0.497 e. The summed E-state index contributed by atoms with van der Waals surface area (Å²) in [6, 6.07) is 6.19. The van der Waals surface area contributed by atoms with E-state index >= 15 is 0 Å². The maximum Gasteiger partial charge on any atom is 0.423 e. The van der Waals surface area contributed by atoms with Crippen LogP contribution in [0.3, 0.4) is 0 Å². The third-order valence-electron chi connectivity index (χ3n) is 6.67. The van der Waals surface area contributed by atoms with Gasteiger partial charge in [-0.2, -0.15) is 18.3 Å². The fourth-order valence-corrected chi connectivity index (χ4v) is 5.55. The summed E-state index contributed by atoms with van der Waals surface area (Å²) in [6.07, 6.45) is 0.435. The lowest BCUT2D eigenvalue weighted by Gasteiger charge is -2.19. The van der Waals surface area contributed by atoms with E-state index < -0.39 is 29.0 Å². The molecule has 1 aromatic carbocycles. The Morgan fingerprint density at radius 3 is 2.71 bits per heavy atom. The Labute approximate surface area is 247 Å². The zero-order valence-corrected chi connectivity index (χ0v) is 24.3. The van der Waals surface area contributed by atoms with Crippen LogP contribution in [-0.4, -0.2) is 62.6 Å². The molecule has 1 aliphatic heterocycles. The van der Waals surface area contributed by atoms with Crippen LogP contribution in [0.25, 0.3) is 0 Å². The quantitative estimate of drug-likeness (QED) is 0.258. The number of anilines is 2. The Balaban J connectivity index is 1.16. The minimum Gasteiger partial charge on any atom is -0.497 e. The van der Waals surface area contributed by atoms with Crippen molar-refractivity contribution >= 4 is 33.8 Å². The van der Waals surface area contributed by atoms with Crippen LogP contribution in [0.15, 0.2) is 47.7 Å². The molecule has 0 saturated carbocycles. The number of benzene rings is 1. The Morgan fingerprint density at radius 1 is 1.24 bits per heavy atom. The molecule has 3 aromatic heterocycles. The highest BCUT2D eigenvalue weighted by Crippen LogP contribution is 2.33. The molecule has 4 aromatic rings. The molecule has 2 unspecified atom stereocenters. The number of thiazole rings is 1. The van der Waals surface area contributed by atoms with E-state index in [1.807, 2.05) is 0 Å². The van der Waals surface area contributed by atoms with Gasteiger partial charge in [-0.3, -0.25) is 4.79 Å². The van der Waals surface area contributed by atoms with Gasteiger partial charge in [0.15, 0.2) is 5.13 Å². The average molecular weight is 625 g/mol. The number of methoxy groups -OCH3 is 1. The lowest BCUT2D eigenvalue weighted by atomic mass is 10.2. The van der Waals surface area contributed by atoms with Crippen molar-refractivity contribution in [1.82, 2.24) is 29.8 Å². The Bertz CT molecular complexity index is 1560. The molecule has 16 heteroatoms. The number of nitrogens with zero attached hydrogens (tertiary/aromatic N) is 7. The first kappa shape index (κ1) is 29.8. The van der Waals surface area contributed by atoms with Gasteiger partial charge in [-0.15, -0.1) is 5.10 Å². The van der Waals surface area contributed by atoms with Crippen molar-refractivity contribution in [3.8, 4) is 5.75 Å². The van der Waals surface area contributed by atoms with Crippen molar-refractivity contribution in [2.45, 2.75) is 44.8 Å². The molecule has 42 heavy (non-hydrogen) atoms. The number of hydrogen-bond acceptors (Lipinski definition) is 10. The summed E-state index contributed by atoms with van der Waals surface area (Å²) in [6.45, 7) is 3.26. The summed E-state index contributed by atoms with van der Waals surface area (Å²) in [5, 5.41) is 15.9. The Hall–Kier alpha value is -3.69. The summed E-state index contributed by atoms with van der Waals surface area (Å²) in [5.41, 5.74) is -1.76. The summed E-state index contributed by atoms with van der Waals surface area (Å²) < 4.78 is 55.8. The minimum atomic E-state index is -4.88. The SMILES string of the molecule is COc1ccc(Cn2ncc(NC(C)COCc3cn(C4CCN(c5ncc(Cl)s5)C4)nn3)c(C(F)(F)F)c2=O)cc1. The molecular weight excluding hydrogens is 597 g/mol. The third-order valence-corrected chi connectivity index (χ3v) is 7.85. The predicted molar refractivity (Wildman–Crippen MR) is 151 cm³/mol.